The van der Waals surface area contributed by atoms with Crippen LogP contribution in [0.5, 0.6) is 0 Å². The number of aryl methyl sites for hydroxylation is 2. The average Bonchev–Trinajstić information content (AvgIpc) is 2.88. The van der Waals surface area contributed by atoms with Crippen LogP contribution in [-0.4, -0.2) is 31.1 Å². The summed E-state index contributed by atoms with van der Waals surface area (Å²) in [6.45, 7) is 9.31. The number of hydrogen-bond donors (Lipinski definition) is 1. The van der Waals surface area contributed by atoms with Crippen molar-refractivity contribution in [3.05, 3.63) is 34.9 Å². The van der Waals surface area contributed by atoms with Crippen molar-refractivity contribution in [3.63, 3.8) is 0 Å². The maximum absolute atomic E-state index is 3.51. The Labute approximate surface area is 123 Å². The highest BCUT2D eigenvalue weighted by molar-refractivity contribution is 5.37. The first-order chi connectivity index (χ1) is 9.78. The smallest absolute Gasteiger partial charge is 0.0354 e. The van der Waals surface area contributed by atoms with E-state index in [0.717, 1.165) is 12.5 Å². The Morgan fingerprint density at radius 2 is 2.00 bits per heavy atom. The topological polar surface area (TPSA) is 15.3 Å². The zero-order chi connectivity index (χ0) is 13.9. The molecule has 1 aromatic rings. The Balaban J connectivity index is 1.61. The first kappa shape index (κ1) is 14.1. The van der Waals surface area contributed by atoms with Gasteiger partial charge < -0.3 is 5.32 Å². The molecule has 0 saturated carbocycles. The summed E-state index contributed by atoms with van der Waals surface area (Å²) in [5, 5.41) is 3.51. The third kappa shape index (κ3) is 2.91. The van der Waals surface area contributed by atoms with Gasteiger partial charge in [-0.25, -0.2) is 0 Å². The molecule has 110 valence electrons. The number of nitrogens with zero attached hydrogens (tertiary/aromatic N) is 1. The standard InChI is InChI=1S/C18H28N2/c1-3-19-13-15-8-10-20(11-9-15)18-7-6-16-5-4-14(2)12-17(16)18/h4-5,12,15,18-19H,3,6-11,13H2,1-2H3. The number of likely N-dealkylation sites (tertiary alicyclic amines) is 1. The number of fused-ring (bicyclic) bond motifs is 1. The second-order valence-electron chi connectivity index (χ2n) is 6.54. The van der Waals surface area contributed by atoms with Gasteiger partial charge in [0.1, 0.15) is 0 Å². The first-order valence-electron chi connectivity index (χ1n) is 8.32. The van der Waals surface area contributed by atoms with Crippen LogP contribution in [-0.2, 0) is 6.42 Å². The van der Waals surface area contributed by atoms with Gasteiger partial charge in [0, 0.05) is 6.04 Å². The van der Waals surface area contributed by atoms with Crippen LogP contribution in [0.25, 0.3) is 0 Å². The van der Waals surface area contributed by atoms with Crippen LogP contribution in [0.1, 0.15) is 48.9 Å². The quantitative estimate of drug-likeness (QED) is 0.904. The van der Waals surface area contributed by atoms with Gasteiger partial charge in [-0.3, -0.25) is 4.90 Å². The zero-order valence-electron chi connectivity index (χ0n) is 13.0. The molecule has 1 aliphatic carbocycles. The summed E-state index contributed by atoms with van der Waals surface area (Å²) in [6.07, 6.45) is 5.34. The van der Waals surface area contributed by atoms with Crippen molar-refractivity contribution in [1.29, 1.82) is 0 Å². The van der Waals surface area contributed by atoms with Crippen LogP contribution in [0.3, 0.4) is 0 Å². The summed E-state index contributed by atoms with van der Waals surface area (Å²) in [5.41, 5.74) is 4.63. The van der Waals surface area contributed by atoms with E-state index in [-0.39, 0.29) is 0 Å². The SMILES string of the molecule is CCNCC1CCN(C2CCc3ccc(C)cc32)CC1. The van der Waals surface area contributed by atoms with E-state index < -0.39 is 0 Å². The van der Waals surface area contributed by atoms with Gasteiger partial charge in [0.15, 0.2) is 0 Å². The Kier molecular flexibility index (Phi) is 4.42. The molecule has 2 nitrogen and oxygen atoms in total. The minimum absolute atomic E-state index is 0.699. The van der Waals surface area contributed by atoms with Gasteiger partial charge in [-0.2, -0.15) is 0 Å². The molecule has 1 heterocycles. The van der Waals surface area contributed by atoms with Gasteiger partial charge >= 0.3 is 0 Å². The highest BCUT2D eigenvalue weighted by atomic mass is 15.2. The lowest BCUT2D eigenvalue weighted by Crippen LogP contribution is -2.38. The summed E-state index contributed by atoms with van der Waals surface area (Å²) in [5.74, 6) is 0.893. The van der Waals surface area contributed by atoms with Crippen LogP contribution in [0.4, 0.5) is 0 Å². The summed E-state index contributed by atoms with van der Waals surface area (Å²) >= 11 is 0. The monoisotopic (exact) mass is 272 g/mol. The normalized spacial score (nSPS) is 24.0. The van der Waals surface area contributed by atoms with E-state index in [2.05, 4.69) is 42.3 Å². The molecule has 0 spiro atoms. The highest BCUT2D eigenvalue weighted by Gasteiger charge is 2.30. The lowest BCUT2D eigenvalue weighted by Gasteiger charge is -2.36. The van der Waals surface area contributed by atoms with Gasteiger partial charge in [-0.05, 0) is 75.8 Å². The highest BCUT2D eigenvalue weighted by Crippen LogP contribution is 2.38. The van der Waals surface area contributed by atoms with Gasteiger partial charge in [0.25, 0.3) is 0 Å². The molecule has 2 aliphatic rings. The Bertz CT molecular complexity index is 447. The van der Waals surface area contributed by atoms with E-state index in [1.165, 1.54) is 50.9 Å². The van der Waals surface area contributed by atoms with Crippen LogP contribution >= 0.6 is 0 Å². The summed E-state index contributed by atoms with van der Waals surface area (Å²) in [4.78, 5) is 2.74. The van der Waals surface area contributed by atoms with Crippen LogP contribution in [0.2, 0.25) is 0 Å². The molecule has 2 heteroatoms. The van der Waals surface area contributed by atoms with Gasteiger partial charge in [0.05, 0.1) is 0 Å². The first-order valence-corrected chi connectivity index (χ1v) is 8.32. The maximum Gasteiger partial charge on any atom is 0.0354 e. The largest absolute Gasteiger partial charge is 0.317 e. The lowest BCUT2D eigenvalue weighted by atomic mass is 9.94. The Morgan fingerprint density at radius 1 is 1.20 bits per heavy atom. The number of hydrogen-bond acceptors (Lipinski definition) is 2. The fraction of sp³-hybridized carbons (Fsp3) is 0.667. The van der Waals surface area contributed by atoms with E-state index >= 15 is 0 Å². The molecule has 1 aromatic carbocycles. The van der Waals surface area contributed by atoms with Crippen LogP contribution in [0.15, 0.2) is 18.2 Å². The van der Waals surface area contributed by atoms with E-state index in [0.29, 0.717) is 6.04 Å². The van der Waals surface area contributed by atoms with Crippen molar-refractivity contribution in [1.82, 2.24) is 10.2 Å². The molecule has 1 unspecified atom stereocenters. The molecule has 3 rings (SSSR count). The van der Waals surface area contributed by atoms with Crippen molar-refractivity contribution in [3.8, 4) is 0 Å². The number of rotatable bonds is 4. The predicted molar refractivity (Wildman–Crippen MR) is 85.1 cm³/mol. The molecule has 0 bridgehead atoms. The van der Waals surface area contributed by atoms with E-state index in [9.17, 15) is 0 Å². The van der Waals surface area contributed by atoms with E-state index in [1.54, 1.807) is 11.1 Å². The van der Waals surface area contributed by atoms with Gasteiger partial charge in [-0.1, -0.05) is 30.7 Å². The second kappa shape index (κ2) is 6.28. The zero-order valence-corrected chi connectivity index (χ0v) is 13.0. The molecule has 1 fully saturated rings. The Morgan fingerprint density at radius 3 is 2.75 bits per heavy atom. The summed E-state index contributed by atoms with van der Waals surface area (Å²) < 4.78 is 0. The average molecular weight is 272 g/mol. The molecule has 1 saturated heterocycles. The van der Waals surface area contributed by atoms with Crippen LogP contribution in [0, 0.1) is 12.8 Å². The molecule has 0 amide bonds. The van der Waals surface area contributed by atoms with Crippen LogP contribution < -0.4 is 5.32 Å². The minimum atomic E-state index is 0.699. The molecule has 0 radical (unpaired) electrons. The predicted octanol–water partition coefficient (Wildman–Crippen LogP) is 3.30. The van der Waals surface area contributed by atoms with E-state index in [4.69, 9.17) is 0 Å². The van der Waals surface area contributed by atoms with Crippen molar-refractivity contribution < 1.29 is 0 Å². The molecule has 1 aliphatic heterocycles. The molecule has 1 N–H and O–H groups in total. The van der Waals surface area contributed by atoms with E-state index in [1.807, 2.05) is 0 Å². The number of benzene rings is 1. The van der Waals surface area contributed by atoms with Crippen molar-refractivity contribution in [2.75, 3.05) is 26.2 Å². The van der Waals surface area contributed by atoms with Crippen molar-refractivity contribution >= 4 is 0 Å². The lowest BCUT2D eigenvalue weighted by molar-refractivity contribution is 0.131. The number of piperidine rings is 1. The molecular weight excluding hydrogens is 244 g/mol. The molecule has 0 aromatic heterocycles. The number of nitrogens with one attached hydrogen (secondary N) is 1. The van der Waals surface area contributed by atoms with Gasteiger partial charge in [0.2, 0.25) is 0 Å². The fourth-order valence-electron chi connectivity index (χ4n) is 3.90. The third-order valence-electron chi connectivity index (χ3n) is 5.12. The second-order valence-corrected chi connectivity index (χ2v) is 6.54. The third-order valence-corrected chi connectivity index (χ3v) is 5.12. The maximum atomic E-state index is 3.51. The molecule has 20 heavy (non-hydrogen) atoms. The van der Waals surface area contributed by atoms with Gasteiger partial charge in [-0.15, -0.1) is 0 Å². The summed E-state index contributed by atoms with van der Waals surface area (Å²) in [6, 6.07) is 7.74. The molecular formula is C18H28N2. The van der Waals surface area contributed by atoms with Crippen molar-refractivity contribution in [2.45, 2.75) is 45.6 Å². The fourth-order valence-corrected chi connectivity index (χ4v) is 3.90. The Hall–Kier alpha value is -0.860. The summed E-state index contributed by atoms with van der Waals surface area (Å²) in [7, 11) is 0. The molecule has 1 atom stereocenters. The van der Waals surface area contributed by atoms with Crippen molar-refractivity contribution in [2.24, 2.45) is 5.92 Å². The minimum Gasteiger partial charge on any atom is -0.317 e.